The van der Waals surface area contributed by atoms with Crippen molar-refractivity contribution in [2.75, 3.05) is 7.05 Å². The summed E-state index contributed by atoms with van der Waals surface area (Å²) in [5.74, 6) is 0. The van der Waals surface area contributed by atoms with Gasteiger partial charge in [-0.3, -0.25) is 4.99 Å². The molecule has 0 amide bonds. The Morgan fingerprint density at radius 3 is 2.67 bits per heavy atom. The number of allylic oxidation sites excluding steroid dienone is 3. The summed E-state index contributed by atoms with van der Waals surface area (Å²) in [5, 5.41) is 0. The van der Waals surface area contributed by atoms with Crippen molar-refractivity contribution in [1.82, 2.24) is 0 Å². The molecule has 0 rings (SSSR count). The Hall–Kier alpha value is -0.850. The molecule has 0 fully saturated rings. The summed E-state index contributed by atoms with van der Waals surface area (Å²) in [7, 11) is 1.77. The van der Waals surface area contributed by atoms with E-state index in [0.29, 0.717) is 0 Å². The maximum absolute atomic E-state index is 3.88. The van der Waals surface area contributed by atoms with Crippen molar-refractivity contribution in [3.63, 3.8) is 0 Å². The molecule has 1 heteroatoms. The predicted octanol–water partition coefficient (Wildman–Crippen LogP) is 2.21. The summed E-state index contributed by atoms with van der Waals surface area (Å²) in [6.45, 7) is 5.69. The lowest BCUT2D eigenvalue weighted by atomic mass is 10.2. The van der Waals surface area contributed by atoms with Crippen LogP contribution in [0, 0.1) is 0 Å². The molecule has 0 aliphatic carbocycles. The number of hydrogen-bond acceptors (Lipinski definition) is 1. The van der Waals surface area contributed by atoms with Gasteiger partial charge in [0, 0.05) is 13.3 Å². The van der Waals surface area contributed by atoms with Crippen molar-refractivity contribution in [3.8, 4) is 0 Å². The van der Waals surface area contributed by atoms with Crippen LogP contribution >= 0.6 is 0 Å². The van der Waals surface area contributed by atoms with E-state index in [-0.39, 0.29) is 0 Å². The highest BCUT2D eigenvalue weighted by Crippen LogP contribution is 1.95. The van der Waals surface area contributed by atoms with Crippen LogP contribution in [-0.2, 0) is 0 Å². The Morgan fingerprint density at radius 1 is 1.67 bits per heavy atom. The molecule has 0 N–H and O–H groups in total. The minimum absolute atomic E-state index is 1.02. The Morgan fingerprint density at radius 2 is 2.33 bits per heavy atom. The van der Waals surface area contributed by atoms with E-state index in [1.165, 1.54) is 5.57 Å². The number of aliphatic imine (C=N–C) groups is 1. The highest BCUT2D eigenvalue weighted by molar-refractivity contribution is 5.78. The van der Waals surface area contributed by atoms with Crippen LogP contribution in [-0.4, -0.2) is 13.3 Å². The van der Waals surface area contributed by atoms with E-state index in [4.69, 9.17) is 0 Å². The maximum Gasteiger partial charge on any atom is 0.0277 e. The molecule has 0 unspecified atom stereocenters. The van der Waals surface area contributed by atoms with Crippen molar-refractivity contribution in [2.45, 2.75) is 13.3 Å². The van der Waals surface area contributed by atoms with E-state index in [9.17, 15) is 0 Å². The second-order valence-corrected chi connectivity index (χ2v) is 1.72. The molecule has 0 aromatic heterocycles. The fraction of sp³-hybridized carbons (Fsp3) is 0.375. The molecule has 1 nitrogen and oxygen atoms in total. The van der Waals surface area contributed by atoms with E-state index in [0.717, 1.165) is 6.42 Å². The predicted molar refractivity (Wildman–Crippen MR) is 43.0 cm³/mol. The lowest BCUT2D eigenvalue weighted by Crippen LogP contribution is -1.79. The van der Waals surface area contributed by atoms with Crippen LogP contribution in [0.3, 0.4) is 0 Å². The first-order valence-corrected chi connectivity index (χ1v) is 3.09. The first-order chi connectivity index (χ1) is 4.35. The zero-order valence-electron chi connectivity index (χ0n) is 6.09. The molecule has 0 saturated carbocycles. The highest BCUT2D eigenvalue weighted by Gasteiger charge is 1.82. The topological polar surface area (TPSA) is 12.4 Å². The Kier molecular flexibility index (Phi) is 4.79. The lowest BCUT2D eigenvalue weighted by molar-refractivity contribution is 1.18. The monoisotopic (exact) mass is 123 g/mol. The maximum atomic E-state index is 3.88. The van der Waals surface area contributed by atoms with E-state index < -0.39 is 0 Å². The molecule has 0 spiro atoms. The highest BCUT2D eigenvalue weighted by atomic mass is 14.6. The molecule has 0 aromatic rings. The molecule has 0 aliphatic heterocycles. The summed E-state index contributed by atoms with van der Waals surface area (Å²) in [6.07, 6.45) is 6.61. The summed E-state index contributed by atoms with van der Waals surface area (Å²) < 4.78 is 0. The average Bonchev–Trinajstić information content (AvgIpc) is 1.88. The summed E-state index contributed by atoms with van der Waals surface area (Å²) in [5.41, 5.74) is 1.22. The number of rotatable bonds is 3. The molecule has 0 atom stereocenters. The van der Waals surface area contributed by atoms with Gasteiger partial charge < -0.3 is 0 Å². The second kappa shape index (κ2) is 5.29. The molecular formula is C8H13N. The lowest BCUT2D eigenvalue weighted by Gasteiger charge is -1.89. The van der Waals surface area contributed by atoms with Gasteiger partial charge in [-0.25, -0.2) is 0 Å². The third-order valence-electron chi connectivity index (χ3n) is 1.04. The van der Waals surface area contributed by atoms with Crippen LogP contribution in [0.5, 0.6) is 0 Å². The first kappa shape index (κ1) is 8.15. The molecule has 0 aromatic carbocycles. The van der Waals surface area contributed by atoms with E-state index >= 15 is 0 Å². The van der Waals surface area contributed by atoms with Gasteiger partial charge in [-0.2, -0.15) is 0 Å². The minimum Gasteiger partial charge on any atom is -0.296 e. The van der Waals surface area contributed by atoms with Crippen LogP contribution in [0.1, 0.15) is 13.3 Å². The average molecular weight is 123 g/mol. The molecule has 0 saturated heterocycles. The van der Waals surface area contributed by atoms with E-state index in [1.807, 2.05) is 12.3 Å². The SMILES string of the molecule is C=C/C=C(\C=NC)CC. The molecule has 0 heterocycles. The van der Waals surface area contributed by atoms with Gasteiger partial charge in [-0.15, -0.1) is 0 Å². The van der Waals surface area contributed by atoms with Gasteiger partial charge in [-0.1, -0.05) is 25.7 Å². The van der Waals surface area contributed by atoms with Crippen molar-refractivity contribution < 1.29 is 0 Å². The zero-order valence-corrected chi connectivity index (χ0v) is 6.09. The third-order valence-corrected chi connectivity index (χ3v) is 1.04. The number of nitrogens with zero attached hydrogens (tertiary/aromatic N) is 1. The van der Waals surface area contributed by atoms with Gasteiger partial charge in [-0.05, 0) is 12.0 Å². The van der Waals surface area contributed by atoms with Crippen LogP contribution in [0.15, 0.2) is 29.3 Å². The largest absolute Gasteiger partial charge is 0.296 e. The van der Waals surface area contributed by atoms with Gasteiger partial charge in [0.15, 0.2) is 0 Å². The van der Waals surface area contributed by atoms with E-state index in [2.05, 4.69) is 18.5 Å². The van der Waals surface area contributed by atoms with Crippen molar-refractivity contribution in [1.29, 1.82) is 0 Å². The fourth-order valence-corrected chi connectivity index (χ4v) is 0.569. The fourth-order valence-electron chi connectivity index (χ4n) is 0.569. The minimum atomic E-state index is 1.02. The Bertz CT molecular complexity index is 132. The third kappa shape index (κ3) is 3.71. The molecule has 0 bridgehead atoms. The first-order valence-electron chi connectivity index (χ1n) is 3.09. The quantitative estimate of drug-likeness (QED) is 0.403. The van der Waals surface area contributed by atoms with Crippen molar-refractivity contribution in [3.05, 3.63) is 24.3 Å². The van der Waals surface area contributed by atoms with Crippen molar-refractivity contribution >= 4 is 6.21 Å². The molecular weight excluding hydrogens is 110 g/mol. The Labute approximate surface area is 56.8 Å². The van der Waals surface area contributed by atoms with Gasteiger partial charge in [0.25, 0.3) is 0 Å². The van der Waals surface area contributed by atoms with Gasteiger partial charge >= 0.3 is 0 Å². The summed E-state index contributed by atoms with van der Waals surface area (Å²) in [4.78, 5) is 3.88. The van der Waals surface area contributed by atoms with Crippen LogP contribution in [0.4, 0.5) is 0 Å². The normalized spacial score (nSPS) is 12.4. The Balaban J connectivity index is 3.96. The van der Waals surface area contributed by atoms with Crippen LogP contribution in [0.2, 0.25) is 0 Å². The molecule has 0 aliphatic rings. The van der Waals surface area contributed by atoms with Gasteiger partial charge in [0.1, 0.15) is 0 Å². The van der Waals surface area contributed by atoms with Gasteiger partial charge in [0.05, 0.1) is 0 Å². The zero-order chi connectivity index (χ0) is 7.11. The molecule has 9 heavy (non-hydrogen) atoms. The summed E-state index contributed by atoms with van der Waals surface area (Å²) in [6, 6.07) is 0. The van der Waals surface area contributed by atoms with E-state index in [1.54, 1.807) is 13.1 Å². The summed E-state index contributed by atoms with van der Waals surface area (Å²) >= 11 is 0. The van der Waals surface area contributed by atoms with Crippen molar-refractivity contribution in [2.24, 2.45) is 4.99 Å². The van der Waals surface area contributed by atoms with Gasteiger partial charge in [0.2, 0.25) is 0 Å². The van der Waals surface area contributed by atoms with Crippen LogP contribution < -0.4 is 0 Å². The van der Waals surface area contributed by atoms with Crippen LogP contribution in [0.25, 0.3) is 0 Å². The second-order valence-electron chi connectivity index (χ2n) is 1.72. The number of hydrogen-bond donors (Lipinski definition) is 0. The molecule has 50 valence electrons. The smallest absolute Gasteiger partial charge is 0.0277 e. The molecule has 0 radical (unpaired) electrons. The standard InChI is InChI=1S/C8H13N/c1-4-6-8(5-2)7-9-3/h4,6-7H,1,5H2,2-3H3/b8-6-,9-7?.